The maximum absolute atomic E-state index is 11.6. The predicted molar refractivity (Wildman–Crippen MR) is 52.2 cm³/mol. The van der Waals surface area contributed by atoms with Gasteiger partial charge in [-0.3, -0.25) is 9.55 Å². The monoisotopic (exact) mass is 213 g/mol. The highest BCUT2D eigenvalue weighted by Crippen LogP contribution is 2.52. The molecule has 2 rings (SSSR count). The summed E-state index contributed by atoms with van der Waals surface area (Å²) < 4.78 is 21.9. The normalized spacial score (nSPS) is 32.8. The minimum atomic E-state index is -2.84. The Morgan fingerprint density at radius 2 is 2.50 bits per heavy atom. The van der Waals surface area contributed by atoms with Gasteiger partial charge in [0.15, 0.2) is 0 Å². The number of rotatable bonds is 1. The zero-order chi connectivity index (χ0) is 10.0. The molecule has 2 heterocycles. The molecule has 0 aliphatic carbocycles. The van der Waals surface area contributed by atoms with E-state index in [0.717, 1.165) is 12.0 Å². The van der Waals surface area contributed by atoms with E-state index in [9.17, 15) is 4.57 Å². The lowest BCUT2D eigenvalue weighted by atomic mass is 10.1. The summed E-state index contributed by atoms with van der Waals surface area (Å²) in [7, 11) is -2.84. The molecule has 5 heteroatoms. The van der Waals surface area contributed by atoms with Crippen LogP contribution >= 0.6 is 7.60 Å². The number of hydrogen-bond acceptors (Lipinski definition) is 4. The summed E-state index contributed by atoms with van der Waals surface area (Å²) in [5, 5.41) is 0. The number of pyridine rings is 1. The Morgan fingerprint density at radius 3 is 3.14 bits per heavy atom. The minimum Gasteiger partial charge on any atom is -0.309 e. The molecule has 0 spiro atoms. The molecule has 0 bridgehead atoms. The van der Waals surface area contributed by atoms with Crippen molar-refractivity contribution in [3.05, 3.63) is 30.1 Å². The van der Waals surface area contributed by atoms with Crippen LogP contribution in [0, 0.1) is 0 Å². The van der Waals surface area contributed by atoms with Crippen LogP contribution in [-0.2, 0) is 13.6 Å². The van der Waals surface area contributed by atoms with Crippen LogP contribution in [0.25, 0.3) is 0 Å². The molecular weight excluding hydrogens is 201 g/mol. The third-order valence-electron chi connectivity index (χ3n) is 2.08. The number of nitrogens with zero attached hydrogens (tertiary/aromatic N) is 1. The molecule has 0 saturated carbocycles. The zero-order valence-corrected chi connectivity index (χ0v) is 8.81. The Kier molecular flexibility index (Phi) is 2.68. The highest BCUT2D eigenvalue weighted by atomic mass is 31.2. The summed E-state index contributed by atoms with van der Waals surface area (Å²) in [6.07, 6.45) is 4.02. The second kappa shape index (κ2) is 3.81. The van der Waals surface area contributed by atoms with Crippen molar-refractivity contribution >= 4 is 7.60 Å². The Labute approximate surface area is 82.8 Å². The van der Waals surface area contributed by atoms with Gasteiger partial charge in [-0.15, -0.1) is 0 Å². The molecule has 1 aliphatic rings. The second-order valence-electron chi connectivity index (χ2n) is 3.27. The first-order chi connectivity index (χ1) is 6.67. The smallest absolute Gasteiger partial charge is 0.309 e. The molecule has 2 atom stereocenters. The number of hydrogen-bond donors (Lipinski definition) is 0. The third kappa shape index (κ3) is 2.21. The SMILES string of the molecule is CP1(=O)OCCC(c2cccnc2)O1. The largest absolute Gasteiger partial charge is 0.328 e. The first kappa shape index (κ1) is 9.84. The van der Waals surface area contributed by atoms with Crippen LogP contribution in [-0.4, -0.2) is 18.3 Å². The molecule has 1 fully saturated rings. The topological polar surface area (TPSA) is 48.4 Å². The molecule has 0 aromatic carbocycles. The zero-order valence-electron chi connectivity index (χ0n) is 7.92. The van der Waals surface area contributed by atoms with E-state index in [4.69, 9.17) is 9.05 Å². The van der Waals surface area contributed by atoms with Gasteiger partial charge in [0.25, 0.3) is 0 Å². The lowest BCUT2D eigenvalue weighted by molar-refractivity contribution is 0.0843. The third-order valence-corrected chi connectivity index (χ3v) is 3.37. The van der Waals surface area contributed by atoms with Gasteiger partial charge >= 0.3 is 7.60 Å². The summed E-state index contributed by atoms with van der Waals surface area (Å²) in [5.74, 6) is 0. The molecule has 1 aliphatic heterocycles. The van der Waals surface area contributed by atoms with Gasteiger partial charge in [-0.25, -0.2) is 0 Å². The fraction of sp³-hybridized carbons (Fsp3) is 0.444. The van der Waals surface area contributed by atoms with Crippen LogP contribution in [0.2, 0.25) is 0 Å². The van der Waals surface area contributed by atoms with Gasteiger partial charge in [-0.1, -0.05) is 6.07 Å². The van der Waals surface area contributed by atoms with Crippen LogP contribution < -0.4 is 0 Å². The van der Waals surface area contributed by atoms with Crippen molar-refractivity contribution in [3.8, 4) is 0 Å². The summed E-state index contributed by atoms with van der Waals surface area (Å²) >= 11 is 0. The van der Waals surface area contributed by atoms with Crippen molar-refractivity contribution in [2.75, 3.05) is 13.3 Å². The Balaban J connectivity index is 2.16. The molecule has 76 valence electrons. The molecular formula is C9H12NO3P. The molecule has 4 nitrogen and oxygen atoms in total. The lowest BCUT2D eigenvalue weighted by Crippen LogP contribution is -2.13. The van der Waals surface area contributed by atoms with Crippen molar-refractivity contribution in [1.82, 2.24) is 4.98 Å². The van der Waals surface area contributed by atoms with Crippen molar-refractivity contribution in [1.29, 1.82) is 0 Å². The van der Waals surface area contributed by atoms with Gasteiger partial charge in [0.1, 0.15) is 0 Å². The van der Waals surface area contributed by atoms with E-state index in [-0.39, 0.29) is 6.10 Å². The summed E-state index contributed by atoms with van der Waals surface area (Å²) in [5.41, 5.74) is 0.956. The quantitative estimate of drug-likeness (QED) is 0.672. The average Bonchev–Trinajstić information content (AvgIpc) is 2.18. The van der Waals surface area contributed by atoms with Crippen molar-refractivity contribution in [2.24, 2.45) is 0 Å². The van der Waals surface area contributed by atoms with Crippen LogP contribution in [0.3, 0.4) is 0 Å². The summed E-state index contributed by atoms with van der Waals surface area (Å²) in [4.78, 5) is 4.00. The van der Waals surface area contributed by atoms with Crippen molar-refractivity contribution in [3.63, 3.8) is 0 Å². The highest BCUT2D eigenvalue weighted by molar-refractivity contribution is 7.53. The lowest BCUT2D eigenvalue weighted by Gasteiger charge is -2.27. The van der Waals surface area contributed by atoms with Crippen LogP contribution in [0.1, 0.15) is 18.1 Å². The van der Waals surface area contributed by atoms with Crippen molar-refractivity contribution < 1.29 is 13.6 Å². The number of aromatic nitrogens is 1. The van der Waals surface area contributed by atoms with Gasteiger partial charge in [-0.05, 0) is 11.6 Å². The van der Waals surface area contributed by atoms with Gasteiger partial charge in [0, 0.05) is 25.5 Å². The summed E-state index contributed by atoms with van der Waals surface area (Å²) in [6, 6.07) is 3.76. The van der Waals surface area contributed by atoms with E-state index in [2.05, 4.69) is 4.98 Å². The van der Waals surface area contributed by atoms with E-state index in [1.165, 1.54) is 6.66 Å². The van der Waals surface area contributed by atoms with Crippen LogP contribution in [0.5, 0.6) is 0 Å². The molecule has 0 N–H and O–H groups in total. The van der Waals surface area contributed by atoms with E-state index in [1.54, 1.807) is 12.4 Å². The molecule has 1 saturated heterocycles. The Hall–Kier alpha value is -0.700. The summed E-state index contributed by atoms with van der Waals surface area (Å²) in [6.45, 7) is 1.98. The molecule has 1 aromatic rings. The second-order valence-corrected chi connectivity index (χ2v) is 5.29. The van der Waals surface area contributed by atoms with Crippen LogP contribution in [0.15, 0.2) is 24.5 Å². The highest BCUT2D eigenvalue weighted by Gasteiger charge is 2.29. The first-order valence-corrected chi connectivity index (χ1v) is 6.47. The van der Waals surface area contributed by atoms with Crippen LogP contribution in [0.4, 0.5) is 0 Å². The van der Waals surface area contributed by atoms with Crippen molar-refractivity contribution in [2.45, 2.75) is 12.5 Å². The molecule has 1 aromatic heterocycles. The van der Waals surface area contributed by atoms with E-state index < -0.39 is 7.60 Å². The molecule has 0 amide bonds. The average molecular weight is 213 g/mol. The fourth-order valence-corrected chi connectivity index (χ4v) is 2.62. The van der Waals surface area contributed by atoms with E-state index in [0.29, 0.717) is 6.61 Å². The fourth-order valence-electron chi connectivity index (χ4n) is 1.43. The Morgan fingerprint density at radius 1 is 1.64 bits per heavy atom. The minimum absolute atomic E-state index is 0.145. The Bertz CT molecular complexity index is 354. The molecule has 14 heavy (non-hydrogen) atoms. The van der Waals surface area contributed by atoms with Gasteiger partial charge in [-0.2, -0.15) is 0 Å². The maximum Gasteiger partial charge on any atom is 0.328 e. The van der Waals surface area contributed by atoms with Gasteiger partial charge in [0.2, 0.25) is 0 Å². The van der Waals surface area contributed by atoms with Gasteiger partial charge < -0.3 is 9.05 Å². The van der Waals surface area contributed by atoms with E-state index in [1.807, 2.05) is 12.1 Å². The van der Waals surface area contributed by atoms with E-state index >= 15 is 0 Å². The maximum atomic E-state index is 11.6. The molecule has 0 radical (unpaired) electrons. The van der Waals surface area contributed by atoms with Gasteiger partial charge in [0.05, 0.1) is 12.7 Å². The first-order valence-electron chi connectivity index (χ1n) is 4.48. The standard InChI is InChI=1S/C9H12NO3P/c1-14(11)12-6-4-9(13-14)8-3-2-5-10-7-8/h2-3,5,7,9H,4,6H2,1H3. The predicted octanol–water partition coefficient (Wildman–Crippen LogP) is 2.38. The molecule has 2 unspecified atom stereocenters.